The monoisotopic (exact) mass is 256 g/mol. The average Bonchev–Trinajstić information content (AvgIpc) is 2.29. The Hall–Kier alpha value is -0.120. The van der Waals surface area contributed by atoms with Crippen LogP contribution >= 0.6 is 0 Å². The smallest absolute Gasteiger partial charge is 0.0580 e. The van der Waals surface area contributed by atoms with E-state index in [4.69, 9.17) is 0 Å². The van der Waals surface area contributed by atoms with E-state index in [1.807, 2.05) is 0 Å². The van der Waals surface area contributed by atoms with Crippen LogP contribution in [-0.2, 0) is 0 Å². The molecule has 3 heteroatoms. The van der Waals surface area contributed by atoms with Crippen molar-refractivity contribution in [1.29, 1.82) is 0 Å². The zero-order valence-electron chi connectivity index (χ0n) is 12.9. The fraction of sp³-hybridized carbons (Fsp3) is 1.00. The molecule has 1 saturated carbocycles. The minimum atomic E-state index is -0.0817. The lowest BCUT2D eigenvalue weighted by molar-refractivity contribution is 0.0220. The summed E-state index contributed by atoms with van der Waals surface area (Å²) in [7, 11) is 4.25. The van der Waals surface area contributed by atoms with Crippen molar-refractivity contribution in [2.45, 2.75) is 52.2 Å². The van der Waals surface area contributed by atoms with Gasteiger partial charge in [-0.3, -0.25) is 4.90 Å². The molecule has 0 aliphatic heterocycles. The second-order valence-electron chi connectivity index (χ2n) is 6.44. The van der Waals surface area contributed by atoms with Crippen molar-refractivity contribution in [3.8, 4) is 0 Å². The van der Waals surface area contributed by atoms with Gasteiger partial charge in [-0.2, -0.15) is 0 Å². The van der Waals surface area contributed by atoms with Crippen LogP contribution in [0.25, 0.3) is 0 Å². The first-order chi connectivity index (χ1) is 8.43. The minimum absolute atomic E-state index is 0.0817. The first-order valence-electron chi connectivity index (χ1n) is 7.50. The first kappa shape index (κ1) is 15.9. The Bertz CT molecular complexity index is 233. The zero-order chi connectivity index (χ0) is 13.7. The third-order valence-electron chi connectivity index (χ3n) is 4.33. The molecule has 1 N–H and O–H groups in total. The molecule has 4 atom stereocenters. The van der Waals surface area contributed by atoms with Crippen molar-refractivity contribution in [1.82, 2.24) is 9.80 Å². The molecule has 108 valence electrons. The van der Waals surface area contributed by atoms with Gasteiger partial charge in [0.15, 0.2) is 0 Å². The van der Waals surface area contributed by atoms with Crippen LogP contribution in [0.15, 0.2) is 0 Å². The van der Waals surface area contributed by atoms with Crippen molar-refractivity contribution < 1.29 is 5.11 Å². The maximum atomic E-state index is 10.2. The van der Waals surface area contributed by atoms with Gasteiger partial charge in [-0.05, 0) is 58.7 Å². The molecule has 0 saturated heterocycles. The highest BCUT2D eigenvalue weighted by atomic mass is 16.3. The molecule has 0 aromatic rings. The summed E-state index contributed by atoms with van der Waals surface area (Å²) < 4.78 is 0. The van der Waals surface area contributed by atoms with E-state index in [9.17, 15) is 5.11 Å². The molecular formula is C15H32N2O. The average molecular weight is 256 g/mol. The van der Waals surface area contributed by atoms with E-state index >= 15 is 0 Å². The van der Waals surface area contributed by atoms with E-state index in [-0.39, 0.29) is 6.10 Å². The molecule has 0 amide bonds. The topological polar surface area (TPSA) is 26.7 Å². The largest absolute Gasteiger partial charge is 0.393 e. The summed E-state index contributed by atoms with van der Waals surface area (Å²) in [5.74, 6) is 1.25. The Morgan fingerprint density at radius 1 is 1.28 bits per heavy atom. The number of rotatable bonds is 6. The quantitative estimate of drug-likeness (QED) is 0.788. The molecule has 1 aliphatic carbocycles. The molecule has 1 fully saturated rings. The van der Waals surface area contributed by atoms with Gasteiger partial charge in [0.05, 0.1) is 6.10 Å². The molecule has 1 rings (SSSR count). The first-order valence-corrected chi connectivity index (χ1v) is 7.50. The van der Waals surface area contributed by atoms with E-state index in [0.29, 0.717) is 12.0 Å². The summed E-state index contributed by atoms with van der Waals surface area (Å²) in [6, 6.07) is 0.564. The number of aliphatic hydroxyl groups excluding tert-OH is 1. The maximum absolute atomic E-state index is 10.2. The van der Waals surface area contributed by atoms with Crippen molar-refractivity contribution in [2.75, 3.05) is 33.7 Å². The molecule has 0 spiro atoms. The Morgan fingerprint density at radius 2 is 1.94 bits per heavy atom. The highest BCUT2D eigenvalue weighted by molar-refractivity contribution is 4.82. The van der Waals surface area contributed by atoms with Gasteiger partial charge in [-0.15, -0.1) is 0 Å². The van der Waals surface area contributed by atoms with Crippen molar-refractivity contribution in [3.63, 3.8) is 0 Å². The Kier molecular flexibility index (Phi) is 6.61. The van der Waals surface area contributed by atoms with Gasteiger partial charge in [0, 0.05) is 19.1 Å². The Balaban J connectivity index is 2.50. The lowest BCUT2D eigenvalue weighted by Gasteiger charge is -2.38. The highest BCUT2D eigenvalue weighted by Crippen LogP contribution is 2.30. The molecule has 1 aliphatic rings. The fourth-order valence-corrected chi connectivity index (χ4v) is 3.24. The molecular weight excluding hydrogens is 224 g/mol. The Morgan fingerprint density at radius 3 is 2.50 bits per heavy atom. The van der Waals surface area contributed by atoms with Crippen molar-refractivity contribution >= 4 is 0 Å². The van der Waals surface area contributed by atoms with Crippen LogP contribution in [0.2, 0.25) is 0 Å². The molecule has 0 heterocycles. The van der Waals surface area contributed by atoms with Gasteiger partial charge in [0.1, 0.15) is 0 Å². The third-order valence-corrected chi connectivity index (χ3v) is 4.33. The van der Waals surface area contributed by atoms with Crippen LogP contribution in [0.4, 0.5) is 0 Å². The Labute approximate surface area is 113 Å². The standard InChI is InChI=1S/C15H32N2O/c1-6-17(13(3)10-16(4)5)11-14-9-12(2)7-8-15(14)18/h12-15,18H,6-11H2,1-5H3. The zero-order valence-corrected chi connectivity index (χ0v) is 12.9. The van der Waals surface area contributed by atoms with E-state index in [1.54, 1.807) is 0 Å². The van der Waals surface area contributed by atoms with Gasteiger partial charge in [-0.1, -0.05) is 13.8 Å². The number of aliphatic hydroxyl groups is 1. The molecule has 18 heavy (non-hydrogen) atoms. The SMILES string of the molecule is CCN(CC1CC(C)CCC1O)C(C)CN(C)C. The molecule has 3 nitrogen and oxygen atoms in total. The summed E-state index contributed by atoms with van der Waals surface area (Å²) in [5, 5.41) is 10.2. The van der Waals surface area contributed by atoms with E-state index in [1.165, 1.54) is 12.8 Å². The number of hydrogen-bond acceptors (Lipinski definition) is 3. The lowest BCUT2D eigenvalue weighted by atomic mass is 9.80. The van der Waals surface area contributed by atoms with Gasteiger partial charge >= 0.3 is 0 Å². The molecule has 0 aromatic carbocycles. The highest BCUT2D eigenvalue weighted by Gasteiger charge is 2.29. The minimum Gasteiger partial charge on any atom is -0.393 e. The second-order valence-corrected chi connectivity index (χ2v) is 6.44. The van der Waals surface area contributed by atoms with Crippen LogP contribution in [0.1, 0.15) is 40.0 Å². The van der Waals surface area contributed by atoms with Crippen LogP contribution in [-0.4, -0.2) is 60.8 Å². The van der Waals surface area contributed by atoms with E-state index in [2.05, 4.69) is 44.7 Å². The van der Waals surface area contributed by atoms with Crippen LogP contribution in [0.5, 0.6) is 0 Å². The van der Waals surface area contributed by atoms with Crippen LogP contribution < -0.4 is 0 Å². The van der Waals surface area contributed by atoms with Gasteiger partial charge in [0.25, 0.3) is 0 Å². The number of likely N-dealkylation sites (N-methyl/N-ethyl adjacent to an activating group) is 2. The predicted molar refractivity (Wildman–Crippen MR) is 77.8 cm³/mol. The normalized spacial score (nSPS) is 31.0. The van der Waals surface area contributed by atoms with Crippen molar-refractivity contribution in [2.24, 2.45) is 11.8 Å². The van der Waals surface area contributed by atoms with Gasteiger partial charge in [0.2, 0.25) is 0 Å². The molecule has 0 radical (unpaired) electrons. The van der Waals surface area contributed by atoms with Crippen LogP contribution in [0, 0.1) is 11.8 Å². The molecule has 0 aromatic heterocycles. The predicted octanol–water partition coefficient (Wildman–Crippen LogP) is 2.06. The lowest BCUT2D eigenvalue weighted by Crippen LogP contribution is -2.45. The summed E-state index contributed by atoms with van der Waals surface area (Å²) in [6.07, 6.45) is 3.29. The third kappa shape index (κ3) is 4.87. The summed E-state index contributed by atoms with van der Waals surface area (Å²) in [5.41, 5.74) is 0. The molecule has 0 bridgehead atoms. The second kappa shape index (κ2) is 7.46. The van der Waals surface area contributed by atoms with Gasteiger partial charge in [-0.25, -0.2) is 0 Å². The fourth-order valence-electron chi connectivity index (χ4n) is 3.24. The van der Waals surface area contributed by atoms with E-state index < -0.39 is 0 Å². The number of hydrogen-bond donors (Lipinski definition) is 1. The van der Waals surface area contributed by atoms with E-state index in [0.717, 1.165) is 32.0 Å². The number of nitrogens with zero attached hydrogens (tertiary/aromatic N) is 2. The summed E-state index contributed by atoms with van der Waals surface area (Å²) >= 11 is 0. The maximum Gasteiger partial charge on any atom is 0.0580 e. The van der Waals surface area contributed by atoms with Crippen molar-refractivity contribution in [3.05, 3.63) is 0 Å². The van der Waals surface area contributed by atoms with Gasteiger partial charge < -0.3 is 10.0 Å². The van der Waals surface area contributed by atoms with Crippen LogP contribution in [0.3, 0.4) is 0 Å². The molecule has 4 unspecified atom stereocenters. The summed E-state index contributed by atoms with van der Waals surface area (Å²) in [6.45, 7) is 10.1. The summed E-state index contributed by atoms with van der Waals surface area (Å²) in [4.78, 5) is 4.76.